The fraction of sp³-hybridized carbons (Fsp3) is 0.381. The van der Waals surface area contributed by atoms with E-state index in [1.165, 1.54) is 57.9 Å². The van der Waals surface area contributed by atoms with E-state index >= 15 is 0 Å². The number of imide groups is 1. The molecule has 4 rings (SSSR count). The van der Waals surface area contributed by atoms with Gasteiger partial charge in [0.25, 0.3) is 17.4 Å². The lowest BCUT2D eigenvalue weighted by atomic mass is 10.1. The number of anilines is 1. The Labute approximate surface area is 180 Å². The summed E-state index contributed by atoms with van der Waals surface area (Å²) in [4.78, 5) is 41.7. The van der Waals surface area contributed by atoms with Crippen LogP contribution in [0.3, 0.4) is 0 Å². The Morgan fingerprint density at radius 3 is 2.40 bits per heavy atom. The molecule has 3 heterocycles. The molecule has 2 amide bonds. The van der Waals surface area contributed by atoms with Crippen LogP contribution in [0.5, 0.6) is 0 Å². The van der Waals surface area contributed by atoms with Crippen LogP contribution < -0.4 is 16.6 Å². The van der Waals surface area contributed by atoms with Crippen molar-refractivity contribution >= 4 is 29.1 Å². The minimum atomic E-state index is -0.865. The van der Waals surface area contributed by atoms with Gasteiger partial charge in [-0.2, -0.15) is 0 Å². The van der Waals surface area contributed by atoms with E-state index in [4.69, 9.17) is 17.3 Å². The first kappa shape index (κ1) is 22.0. The molecule has 1 saturated heterocycles. The largest absolute Gasteiger partial charge is 0.366 e. The van der Waals surface area contributed by atoms with Crippen LogP contribution in [-0.2, 0) is 0 Å². The van der Waals surface area contributed by atoms with Crippen LogP contribution in [0.1, 0.15) is 52.2 Å². The number of amides is 2. The fourth-order valence-corrected chi connectivity index (χ4v) is 3.82. The van der Waals surface area contributed by atoms with E-state index in [0.717, 1.165) is 4.90 Å². The van der Waals surface area contributed by atoms with Gasteiger partial charge in [0, 0.05) is 18.9 Å². The lowest BCUT2D eigenvalue weighted by Gasteiger charge is -2.16. The number of benzene rings is 1. The standard InChI is InChI=1S/C15H13ClN4O3.C6H13N/c1-20-14(22)8-3-2-7(6-9(8)15(20)23)19-12(17)11-10(16)4-5-18-13(11)21;1-2-7-5-3-4-6-7/h2-6,12,19H,17H2,1H3,(H,18,21);2-6H2,1H3. The number of aromatic amines is 1. The molecule has 1 fully saturated rings. The van der Waals surface area contributed by atoms with Crippen LogP contribution in [0, 0.1) is 0 Å². The van der Waals surface area contributed by atoms with E-state index in [0.29, 0.717) is 16.8 Å². The van der Waals surface area contributed by atoms with Crippen molar-refractivity contribution in [2.24, 2.45) is 5.73 Å². The summed E-state index contributed by atoms with van der Waals surface area (Å²) >= 11 is 6.00. The van der Waals surface area contributed by atoms with Crippen molar-refractivity contribution in [3.8, 4) is 0 Å². The van der Waals surface area contributed by atoms with E-state index in [9.17, 15) is 14.4 Å². The van der Waals surface area contributed by atoms with Crippen molar-refractivity contribution in [3.05, 3.63) is 62.5 Å². The third-order valence-corrected chi connectivity index (χ3v) is 5.64. The zero-order chi connectivity index (χ0) is 21.8. The van der Waals surface area contributed by atoms with Crippen LogP contribution >= 0.6 is 11.6 Å². The molecule has 1 unspecified atom stereocenters. The van der Waals surface area contributed by atoms with Crippen molar-refractivity contribution < 1.29 is 9.59 Å². The Balaban J connectivity index is 0.000000310. The molecule has 0 radical (unpaired) electrons. The summed E-state index contributed by atoms with van der Waals surface area (Å²) < 4.78 is 0. The first-order chi connectivity index (χ1) is 14.3. The van der Waals surface area contributed by atoms with E-state index in [2.05, 4.69) is 22.1 Å². The quantitative estimate of drug-likeness (QED) is 0.506. The molecule has 4 N–H and O–H groups in total. The van der Waals surface area contributed by atoms with E-state index in [1.54, 1.807) is 12.1 Å². The number of halogens is 1. The Morgan fingerprint density at radius 1 is 1.13 bits per heavy atom. The molecule has 2 aliphatic rings. The number of nitrogens with zero attached hydrogens (tertiary/aromatic N) is 2. The summed E-state index contributed by atoms with van der Waals surface area (Å²) in [7, 11) is 1.42. The van der Waals surface area contributed by atoms with Gasteiger partial charge in [-0.1, -0.05) is 18.5 Å². The first-order valence-corrected chi connectivity index (χ1v) is 10.3. The topological polar surface area (TPSA) is 112 Å². The van der Waals surface area contributed by atoms with Gasteiger partial charge >= 0.3 is 0 Å². The molecule has 2 aliphatic heterocycles. The van der Waals surface area contributed by atoms with Crippen molar-refractivity contribution in [3.63, 3.8) is 0 Å². The Kier molecular flexibility index (Phi) is 6.91. The molecule has 0 bridgehead atoms. The molecular weight excluding hydrogens is 406 g/mol. The molecule has 1 aromatic carbocycles. The van der Waals surface area contributed by atoms with Gasteiger partial charge in [-0.25, -0.2) is 0 Å². The second-order valence-corrected chi connectivity index (χ2v) is 7.67. The molecule has 1 aromatic heterocycles. The minimum Gasteiger partial charge on any atom is -0.366 e. The van der Waals surface area contributed by atoms with Crippen molar-refractivity contribution in [2.45, 2.75) is 25.9 Å². The Hall–Kier alpha value is -2.68. The summed E-state index contributed by atoms with van der Waals surface area (Å²) in [5.41, 5.74) is 6.92. The van der Waals surface area contributed by atoms with Gasteiger partial charge in [-0.3, -0.25) is 19.3 Å². The predicted molar refractivity (Wildman–Crippen MR) is 117 cm³/mol. The minimum absolute atomic E-state index is 0.189. The summed E-state index contributed by atoms with van der Waals surface area (Å²) in [6.45, 7) is 6.16. The molecule has 1 atom stereocenters. The van der Waals surface area contributed by atoms with E-state index in [-0.39, 0.29) is 22.4 Å². The second-order valence-electron chi connectivity index (χ2n) is 7.26. The lowest BCUT2D eigenvalue weighted by molar-refractivity contribution is 0.0693. The number of rotatable bonds is 4. The van der Waals surface area contributed by atoms with Crippen molar-refractivity contribution in [1.82, 2.24) is 14.8 Å². The summed E-state index contributed by atoms with van der Waals surface area (Å²) in [6.07, 6.45) is 3.41. The summed E-state index contributed by atoms with van der Waals surface area (Å²) in [5, 5.41) is 3.15. The van der Waals surface area contributed by atoms with Gasteiger partial charge in [0.15, 0.2) is 0 Å². The predicted octanol–water partition coefficient (Wildman–Crippen LogP) is 2.43. The maximum atomic E-state index is 12.0. The zero-order valence-electron chi connectivity index (χ0n) is 17.1. The Bertz CT molecular complexity index is 1000. The average molecular weight is 432 g/mol. The molecule has 0 aliphatic carbocycles. The van der Waals surface area contributed by atoms with E-state index in [1.807, 2.05) is 0 Å². The maximum absolute atomic E-state index is 12.0. The summed E-state index contributed by atoms with van der Waals surface area (Å²) in [5.74, 6) is -0.721. The maximum Gasteiger partial charge on any atom is 0.261 e. The number of nitrogens with two attached hydrogens (primary N) is 1. The third-order valence-electron chi connectivity index (χ3n) is 5.31. The normalized spacial score (nSPS) is 16.9. The number of hydrogen-bond acceptors (Lipinski definition) is 6. The second kappa shape index (κ2) is 9.42. The SMILES string of the molecule is CCN1CCCC1.CN1C(=O)c2ccc(NC(N)c3c(Cl)cc[nH]c3=O)cc2C1=O. The number of pyridine rings is 1. The molecular formula is C21H26ClN5O3. The Morgan fingerprint density at radius 2 is 1.80 bits per heavy atom. The van der Waals surface area contributed by atoms with E-state index < -0.39 is 11.7 Å². The zero-order valence-corrected chi connectivity index (χ0v) is 17.8. The molecule has 2 aromatic rings. The highest BCUT2D eigenvalue weighted by Gasteiger charge is 2.32. The number of likely N-dealkylation sites (tertiary alicyclic amines) is 1. The number of carbonyl (C=O) groups is 2. The number of nitrogens with one attached hydrogen (secondary N) is 2. The van der Waals surface area contributed by atoms with Crippen LogP contribution in [0.25, 0.3) is 0 Å². The number of H-pyrrole nitrogens is 1. The number of aromatic nitrogens is 1. The smallest absolute Gasteiger partial charge is 0.261 e. The summed E-state index contributed by atoms with van der Waals surface area (Å²) in [6, 6.07) is 6.22. The van der Waals surface area contributed by atoms with Gasteiger partial charge in [-0.15, -0.1) is 0 Å². The van der Waals surface area contributed by atoms with Crippen molar-refractivity contribution in [1.29, 1.82) is 0 Å². The highest BCUT2D eigenvalue weighted by Crippen LogP contribution is 2.26. The van der Waals surface area contributed by atoms with Crippen molar-refractivity contribution in [2.75, 3.05) is 32.0 Å². The van der Waals surface area contributed by atoms with Gasteiger partial charge in [-0.05, 0) is 56.7 Å². The lowest BCUT2D eigenvalue weighted by Crippen LogP contribution is -2.28. The molecule has 9 heteroatoms. The monoisotopic (exact) mass is 431 g/mol. The number of fused-ring (bicyclic) bond motifs is 1. The number of carbonyl (C=O) groups excluding carboxylic acids is 2. The highest BCUT2D eigenvalue weighted by molar-refractivity contribution is 6.31. The molecule has 8 nitrogen and oxygen atoms in total. The van der Waals surface area contributed by atoms with Crippen LogP contribution in [-0.4, -0.2) is 53.3 Å². The molecule has 160 valence electrons. The fourth-order valence-electron chi connectivity index (χ4n) is 3.56. The van der Waals surface area contributed by atoms with Crippen LogP contribution in [0.4, 0.5) is 5.69 Å². The van der Waals surface area contributed by atoms with Gasteiger partial charge < -0.3 is 20.9 Å². The molecule has 0 saturated carbocycles. The van der Waals surface area contributed by atoms with Gasteiger partial charge in [0.1, 0.15) is 6.17 Å². The van der Waals surface area contributed by atoms with Crippen LogP contribution in [0.15, 0.2) is 35.3 Å². The first-order valence-electron chi connectivity index (χ1n) is 9.91. The molecule has 0 spiro atoms. The van der Waals surface area contributed by atoms with Crippen LogP contribution in [0.2, 0.25) is 5.02 Å². The van der Waals surface area contributed by atoms with Gasteiger partial charge in [0.2, 0.25) is 0 Å². The average Bonchev–Trinajstić information content (AvgIpc) is 3.32. The number of hydrogen-bond donors (Lipinski definition) is 3. The third kappa shape index (κ3) is 4.56. The highest BCUT2D eigenvalue weighted by atomic mass is 35.5. The molecule has 30 heavy (non-hydrogen) atoms. The van der Waals surface area contributed by atoms with Gasteiger partial charge in [0.05, 0.1) is 21.7 Å².